The van der Waals surface area contributed by atoms with Crippen LogP contribution in [0.3, 0.4) is 0 Å². The summed E-state index contributed by atoms with van der Waals surface area (Å²) in [6.45, 7) is -1.49. The Kier molecular flexibility index (Phi) is 7.29. The van der Waals surface area contributed by atoms with Crippen molar-refractivity contribution >= 4 is 42.0 Å². The van der Waals surface area contributed by atoms with Crippen LogP contribution in [0.4, 0.5) is 11.9 Å². The van der Waals surface area contributed by atoms with Crippen molar-refractivity contribution in [3.8, 4) is 0 Å². The molecule has 2 saturated heterocycles. The lowest BCUT2D eigenvalue weighted by atomic mass is 10.1. The average Bonchev–Trinajstić information content (AvgIpc) is 3.69. The van der Waals surface area contributed by atoms with Crippen LogP contribution in [0.1, 0.15) is 12.5 Å². The molecule has 4 aromatic rings. The Balaban J connectivity index is 1.09. The van der Waals surface area contributed by atoms with Gasteiger partial charge < -0.3 is 46.3 Å². The standard InChI is InChI=1S/C20H25N10O12P/c21-19-25-13-7(15(35)27-19)23-3-29(13)17-11(33)9(31)5(41-17)1-39-43(37,38)40-2-6-10(32)12(34)18(42-6)30-4-24-8-14(30)26-20(22)28-16(8)36/h3-6,9-12,17-18,31-34H,1-2H2,(H,37,38)(H3,21,25,27,35)(H3,22,26,28,36)/t5-,6-,9+,10+,11-,12+,17-,18-/m1/s1. The zero-order valence-electron chi connectivity index (χ0n) is 21.6. The molecule has 0 saturated carbocycles. The van der Waals surface area contributed by atoms with Gasteiger partial charge in [0.2, 0.25) is 11.9 Å². The largest absolute Gasteiger partial charge is 0.472 e. The number of H-pyrrole nitrogens is 2. The van der Waals surface area contributed by atoms with Crippen molar-refractivity contribution in [2.75, 3.05) is 24.7 Å². The van der Waals surface area contributed by atoms with E-state index in [-0.39, 0.29) is 34.2 Å². The number of nitrogens with zero attached hydrogens (tertiary/aromatic N) is 6. The lowest BCUT2D eigenvalue weighted by molar-refractivity contribution is -0.0608. The third-order valence-electron chi connectivity index (χ3n) is 6.93. The second kappa shape index (κ2) is 10.7. The van der Waals surface area contributed by atoms with Crippen LogP contribution in [0.2, 0.25) is 0 Å². The number of nitrogens with two attached hydrogens (primary N) is 2. The molecule has 2 aliphatic rings. The number of rotatable bonds is 8. The van der Waals surface area contributed by atoms with Gasteiger partial charge in [-0.2, -0.15) is 9.97 Å². The molecule has 11 N–H and O–H groups in total. The van der Waals surface area contributed by atoms with Gasteiger partial charge in [0.15, 0.2) is 34.8 Å². The number of aliphatic hydroxyl groups is 4. The minimum absolute atomic E-state index is 0.0411. The van der Waals surface area contributed by atoms with Crippen LogP contribution in [0, 0.1) is 0 Å². The first kappa shape index (κ1) is 29.3. The predicted molar refractivity (Wildman–Crippen MR) is 139 cm³/mol. The van der Waals surface area contributed by atoms with Gasteiger partial charge in [0.25, 0.3) is 11.1 Å². The fraction of sp³-hybridized carbons (Fsp3) is 0.500. The number of imidazole rings is 2. The van der Waals surface area contributed by atoms with Gasteiger partial charge in [0, 0.05) is 0 Å². The molecular formula is C20H25N10O12P. The SMILES string of the molecule is Nc1nc2c(ncn2[C@@H]2O[C@H](COP(=O)(O)OC[C@H]3O[C@@H](n4cnc5c(=O)[nH]c(N)nc54)[C@@H](O)[C@H]3O)[C@H](O)[C@H]2O)c(=O)[nH]1. The van der Waals surface area contributed by atoms with E-state index in [1.165, 1.54) is 0 Å². The molecule has 22 nitrogen and oxygen atoms in total. The van der Waals surface area contributed by atoms with Crippen molar-refractivity contribution in [1.82, 2.24) is 39.0 Å². The van der Waals surface area contributed by atoms with Crippen LogP contribution in [-0.4, -0.2) is 114 Å². The molecule has 9 atom stereocenters. The molecule has 0 aliphatic carbocycles. The molecule has 4 aromatic heterocycles. The van der Waals surface area contributed by atoms with Crippen molar-refractivity contribution in [1.29, 1.82) is 0 Å². The third-order valence-corrected chi connectivity index (χ3v) is 7.88. The zero-order valence-corrected chi connectivity index (χ0v) is 22.5. The highest BCUT2D eigenvalue weighted by Crippen LogP contribution is 2.45. The number of ether oxygens (including phenoxy) is 2. The number of hydrogen-bond acceptors (Lipinski definition) is 17. The minimum atomic E-state index is -4.89. The summed E-state index contributed by atoms with van der Waals surface area (Å²) in [4.78, 5) is 54.6. The summed E-state index contributed by atoms with van der Waals surface area (Å²) < 4.78 is 36.0. The summed E-state index contributed by atoms with van der Waals surface area (Å²) in [5.41, 5.74) is 9.58. The number of aliphatic hydroxyl groups excluding tert-OH is 4. The fourth-order valence-electron chi connectivity index (χ4n) is 4.82. The zero-order chi connectivity index (χ0) is 30.8. The van der Waals surface area contributed by atoms with Crippen LogP contribution in [-0.2, 0) is 23.1 Å². The summed E-state index contributed by atoms with van der Waals surface area (Å²) in [5, 5.41) is 42.0. The summed E-state index contributed by atoms with van der Waals surface area (Å²) >= 11 is 0. The maximum absolute atomic E-state index is 12.6. The van der Waals surface area contributed by atoms with Crippen LogP contribution >= 0.6 is 7.82 Å². The number of anilines is 2. The molecule has 0 amide bonds. The Bertz CT molecular complexity index is 1710. The van der Waals surface area contributed by atoms with Crippen molar-refractivity contribution in [3.05, 3.63) is 33.4 Å². The van der Waals surface area contributed by atoms with E-state index >= 15 is 0 Å². The van der Waals surface area contributed by atoms with Crippen LogP contribution in [0.25, 0.3) is 22.3 Å². The molecule has 0 bridgehead atoms. The summed E-state index contributed by atoms with van der Waals surface area (Å²) in [7, 11) is -4.89. The Morgan fingerprint density at radius 2 is 1.19 bits per heavy atom. The fourth-order valence-corrected chi connectivity index (χ4v) is 5.57. The van der Waals surface area contributed by atoms with Gasteiger partial charge >= 0.3 is 7.82 Å². The number of aromatic nitrogens is 8. The number of aromatic amines is 2. The number of nitrogens with one attached hydrogen (secondary N) is 2. The quantitative estimate of drug-likeness (QED) is 0.0835. The normalized spacial score (nSPS) is 30.8. The minimum Gasteiger partial charge on any atom is -0.387 e. The number of nitrogen functional groups attached to an aromatic ring is 2. The number of phosphoric ester groups is 1. The van der Waals surface area contributed by atoms with E-state index in [0.29, 0.717) is 0 Å². The molecule has 2 aliphatic heterocycles. The maximum Gasteiger partial charge on any atom is 0.472 e. The van der Waals surface area contributed by atoms with Gasteiger partial charge in [-0.3, -0.25) is 37.7 Å². The molecule has 0 radical (unpaired) electrons. The van der Waals surface area contributed by atoms with Gasteiger partial charge in [-0.25, -0.2) is 14.5 Å². The van der Waals surface area contributed by atoms with Gasteiger partial charge in [-0.1, -0.05) is 0 Å². The molecule has 2 fully saturated rings. The van der Waals surface area contributed by atoms with Crippen molar-refractivity contribution in [2.24, 2.45) is 0 Å². The first-order valence-corrected chi connectivity index (χ1v) is 13.9. The van der Waals surface area contributed by atoms with Gasteiger partial charge in [-0.05, 0) is 0 Å². The summed E-state index contributed by atoms with van der Waals surface area (Å²) in [5.74, 6) is -0.452. The average molecular weight is 628 g/mol. The van der Waals surface area contributed by atoms with Crippen LogP contribution < -0.4 is 22.6 Å². The molecule has 232 valence electrons. The first-order valence-electron chi connectivity index (χ1n) is 12.4. The molecule has 0 spiro atoms. The smallest absolute Gasteiger partial charge is 0.387 e. The highest BCUT2D eigenvalue weighted by Gasteiger charge is 2.47. The van der Waals surface area contributed by atoms with Crippen molar-refractivity contribution in [3.63, 3.8) is 0 Å². The van der Waals surface area contributed by atoms with E-state index in [1.807, 2.05) is 0 Å². The predicted octanol–water partition coefficient (Wildman–Crippen LogP) is -4.21. The molecule has 0 aromatic carbocycles. The number of fused-ring (bicyclic) bond motifs is 2. The van der Waals surface area contributed by atoms with E-state index < -0.39 is 81.2 Å². The maximum atomic E-state index is 12.6. The second-order valence-electron chi connectivity index (χ2n) is 9.70. The molecule has 1 unspecified atom stereocenters. The van der Waals surface area contributed by atoms with E-state index in [1.54, 1.807) is 0 Å². The first-order chi connectivity index (χ1) is 20.3. The van der Waals surface area contributed by atoms with E-state index in [9.17, 15) is 39.5 Å². The highest BCUT2D eigenvalue weighted by molar-refractivity contribution is 7.47. The van der Waals surface area contributed by atoms with Gasteiger partial charge in [-0.15, -0.1) is 0 Å². The Hall–Kier alpha value is -3.83. The second-order valence-corrected chi connectivity index (χ2v) is 11.2. The van der Waals surface area contributed by atoms with Crippen molar-refractivity contribution < 1.29 is 48.4 Å². The topological polar surface area (TPSA) is 334 Å². The van der Waals surface area contributed by atoms with Crippen LogP contribution in [0.15, 0.2) is 22.2 Å². The van der Waals surface area contributed by atoms with E-state index in [4.69, 9.17) is 30.0 Å². The monoisotopic (exact) mass is 628 g/mol. The summed E-state index contributed by atoms with van der Waals surface area (Å²) in [6, 6.07) is 0. The molecular weight excluding hydrogens is 603 g/mol. The van der Waals surface area contributed by atoms with Crippen LogP contribution in [0.5, 0.6) is 0 Å². The molecule has 43 heavy (non-hydrogen) atoms. The third kappa shape index (κ3) is 5.18. The molecule has 6 rings (SSSR count). The highest BCUT2D eigenvalue weighted by atomic mass is 31.2. The van der Waals surface area contributed by atoms with Gasteiger partial charge in [0.05, 0.1) is 25.9 Å². The Morgan fingerprint density at radius 1 is 0.791 bits per heavy atom. The molecule has 23 heteroatoms. The lowest BCUT2D eigenvalue weighted by Gasteiger charge is -2.20. The number of phosphoric acid groups is 1. The molecule has 6 heterocycles. The lowest BCUT2D eigenvalue weighted by Crippen LogP contribution is -2.34. The Labute approximate surface area is 237 Å². The van der Waals surface area contributed by atoms with E-state index in [2.05, 4.69) is 29.9 Å². The Morgan fingerprint density at radius 3 is 1.58 bits per heavy atom. The van der Waals surface area contributed by atoms with Crippen molar-refractivity contribution in [2.45, 2.75) is 49.1 Å². The summed E-state index contributed by atoms with van der Waals surface area (Å²) in [6.07, 6.45) is -9.46. The van der Waals surface area contributed by atoms with E-state index in [0.717, 1.165) is 21.8 Å². The number of hydrogen-bond donors (Lipinski definition) is 9. The van der Waals surface area contributed by atoms with Gasteiger partial charge in [0.1, 0.15) is 36.6 Å².